The van der Waals surface area contributed by atoms with Crippen LogP contribution in [0.5, 0.6) is 5.75 Å². The minimum atomic E-state index is -0.360. The molecule has 0 bridgehead atoms. The molecule has 0 aliphatic heterocycles. The highest BCUT2D eigenvalue weighted by atomic mass is 79.9. The number of rotatable bonds is 1. The number of ether oxygens (including phenoxy) is 1. The first kappa shape index (κ1) is 11.9. The number of aliphatic hydroxyl groups excluding tert-OH is 1. The summed E-state index contributed by atoms with van der Waals surface area (Å²) in [5.41, 5.74) is 3.33. The Hall–Kier alpha value is -0.540. The van der Waals surface area contributed by atoms with Crippen LogP contribution in [-0.4, -0.2) is 12.2 Å². The molecule has 0 radical (unpaired) electrons. The highest BCUT2D eigenvalue weighted by Crippen LogP contribution is 2.40. The molecule has 0 spiro atoms. The van der Waals surface area contributed by atoms with E-state index in [2.05, 4.69) is 15.9 Å². The van der Waals surface area contributed by atoms with Crippen LogP contribution in [0.4, 0.5) is 0 Å². The second-order valence-corrected chi connectivity index (χ2v) is 5.16. The summed E-state index contributed by atoms with van der Waals surface area (Å²) in [6.07, 6.45) is 3.67. The summed E-state index contributed by atoms with van der Waals surface area (Å²) < 4.78 is 6.46. The third kappa shape index (κ3) is 1.98. The Labute approximate surface area is 105 Å². The maximum Gasteiger partial charge on any atom is 0.122 e. The summed E-state index contributed by atoms with van der Waals surface area (Å²) >= 11 is 3.59. The fourth-order valence-electron chi connectivity index (χ4n) is 2.40. The van der Waals surface area contributed by atoms with Crippen molar-refractivity contribution in [3.63, 3.8) is 0 Å². The van der Waals surface area contributed by atoms with Crippen molar-refractivity contribution in [3.8, 4) is 5.75 Å². The lowest BCUT2D eigenvalue weighted by molar-refractivity contribution is 0.165. The van der Waals surface area contributed by atoms with E-state index in [4.69, 9.17) is 4.74 Å². The summed E-state index contributed by atoms with van der Waals surface area (Å²) in [6, 6.07) is 2.04. The van der Waals surface area contributed by atoms with Crippen LogP contribution in [0.2, 0.25) is 0 Å². The van der Waals surface area contributed by atoms with Gasteiger partial charge in [-0.25, -0.2) is 0 Å². The normalized spacial score (nSPS) is 20.1. The molecular weight excluding hydrogens is 268 g/mol. The van der Waals surface area contributed by atoms with E-state index in [9.17, 15) is 5.11 Å². The highest BCUT2D eigenvalue weighted by Gasteiger charge is 2.23. The molecular formula is C13H17BrO2. The molecule has 1 aromatic rings. The lowest BCUT2D eigenvalue weighted by Crippen LogP contribution is -2.04. The lowest BCUT2D eigenvalue weighted by Gasteiger charge is -2.18. The monoisotopic (exact) mass is 284 g/mol. The molecule has 0 saturated carbocycles. The Balaban J connectivity index is 2.63. The zero-order valence-electron chi connectivity index (χ0n) is 9.72. The van der Waals surface area contributed by atoms with E-state index in [0.717, 1.165) is 47.0 Å². The van der Waals surface area contributed by atoms with Gasteiger partial charge in [-0.15, -0.1) is 0 Å². The SMILES string of the molecule is COc1cc(C)c(Br)c2c1CCCCC2O. The molecule has 2 rings (SSSR count). The van der Waals surface area contributed by atoms with Crippen LogP contribution in [0.1, 0.15) is 42.1 Å². The Bertz CT molecular complexity index is 401. The summed E-state index contributed by atoms with van der Waals surface area (Å²) in [5, 5.41) is 10.2. The van der Waals surface area contributed by atoms with Crippen LogP contribution < -0.4 is 4.74 Å². The van der Waals surface area contributed by atoms with Crippen molar-refractivity contribution in [1.29, 1.82) is 0 Å². The molecule has 0 saturated heterocycles. The van der Waals surface area contributed by atoms with Gasteiger partial charge < -0.3 is 9.84 Å². The zero-order valence-corrected chi connectivity index (χ0v) is 11.3. The van der Waals surface area contributed by atoms with Crippen LogP contribution >= 0.6 is 15.9 Å². The second kappa shape index (κ2) is 4.76. The maximum atomic E-state index is 10.2. The molecule has 1 unspecified atom stereocenters. The molecule has 3 heteroatoms. The van der Waals surface area contributed by atoms with Crippen LogP contribution in [0, 0.1) is 6.92 Å². The second-order valence-electron chi connectivity index (χ2n) is 4.36. The average molecular weight is 285 g/mol. The lowest BCUT2D eigenvalue weighted by atomic mass is 9.97. The topological polar surface area (TPSA) is 29.5 Å². The van der Waals surface area contributed by atoms with Crippen LogP contribution in [0.25, 0.3) is 0 Å². The van der Waals surface area contributed by atoms with Gasteiger partial charge in [-0.3, -0.25) is 0 Å². The highest BCUT2D eigenvalue weighted by molar-refractivity contribution is 9.10. The number of hydrogen-bond donors (Lipinski definition) is 1. The standard InChI is InChI=1S/C13H17BrO2/c1-8-7-11(16-2)9-5-3-4-6-10(15)12(9)13(8)14/h7,10,15H,3-6H2,1-2H3. The van der Waals surface area contributed by atoms with E-state index in [0.29, 0.717) is 0 Å². The van der Waals surface area contributed by atoms with Gasteiger partial charge in [0.15, 0.2) is 0 Å². The zero-order chi connectivity index (χ0) is 11.7. The first-order valence-corrected chi connectivity index (χ1v) is 6.48. The molecule has 1 aliphatic carbocycles. The Kier molecular flexibility index (Phi) is 3.55. The van der Waals surface area contributed by atoms with Crippen molar-refractivity contribution >= 4 is 15.9 Å². The van der Waals surface area contributed by atoms with Crippen molar-refractivity contribution in [3.05, 3.63) is 27.2 Å². The van der Waals surface area contributed by atoms with Gasteiger partial charge >= 0.3 is 0 Å². The van der Waals surface area contributed by atoms with Crippen LogP contribution in [-0.2, 0) is 6.42 Å². The number of benzene rings is 1. The van der Waals surface area contributed by atoms with Crippen molar-refractivity contribution in [2.75, 3.05) is 7.11 Å². The third-order valence-corrected chi connectivity index (χ3v) is 4.31. The largest absolute Gasteiger partial charge is 0.496 e. The smallest absolute Gasteiger partial charge is 0.122 e. The molecule has 1 aromatic carbocycles. The minimum Gasteiger partial charge on any atom is -0.496 e. The predicted octanol–water partition coefficient (Wildman–Crippen LogP) is 3.53. The quantitative estimate of drug-likeness (QED) is 0.800. The summed E-state index contributed by atoms with van der Waals surface area (Å²) in [4.78, 5) is 0. The van der Waals surface area contributed by atoms with Gasteiger partial charge in [0.1, 0.15) is 5.75 Å². The fourth-order valence-corrected chi connectivity index (χ4v) is 3.01. The number of halogens is 1. The van der Waals surface area contributed by atoms with E-state index in [1.54, 1.807) is 7.11 Å². The van der Waals surface area contributed by atoms with Gasteiger partial charge in [0.05, 0.1) is 13.2 Å². The van der Waals surface area contributed by atoms with Gasteiger partial charge in [0, 0.05) is 15.6 Å². The van der Waals surface area contributed by atoms with Gasteiger partial charge in [-0.05, 0) is 37.8 Å². The number of methoxy groups -OCH3 is 1. The Morgan fingerprint density at radius 1 is 1.44 bits per heavy atom. The number of aliphatic hydroxyl groups is 1. The molecule has 2 nitrogen and oxygen atoms in total. The van der Waals surface area contributed by atoms with Gasteiger partial charge in [-0.1, -0.05) is 22.4 Å². The van der Waals surface area contributed by atoms with Gasteiger partial charge in [0.2, 0.25) is 0 Å². The molecule has 1 aliphatic rings. The van der Waals surface area contributed by atoms with Gasteiger partial charge in [0.25, 0.3) is 0 Å². The first-order chi connectivity index (χ1) is 7.65. The first-order valence-electron chi connectivity index (χ1n) is 5.69. The van der Waals surface area contributed by atoms with E-state index in [1.165, 1.54) is 5.56 Å². The van der Waals surface area contributed by atoms with Gasteiger partial charge in [-0.2, -0.15) is 0 Å². The van der Waals surface area contributed by atoms with Crippen molar-refractivity contribution in [2.45, 2.75) is 38.7 Å². The molecule has 1 N–H and O–H groups in total. The van der Waals surface area contributed by atoms with Crippen molar-refractivity contribution in [2.24, 2.45) is 0 Å². The van der Waals surface area contributed by atoms with E-state index in [-0.39, 0.29) is 6.10 Å². The molecule has 0 heterocycles. The molecule has 1 atom stereocenters. The van der Waals surface area contributed by atoms with Crippen LogP contribution in [0.15, 0.2) is 10.5 Å². The summed E-state index contributed by atoms with van der Waals surface area (Å²) in [7, 11) is 1.69. The Morgan fingerprint density at radius 3 is 2.88 bits per heavy atom. The van der Waals surface area contributed by atoms with E-state index in [1.807, 2.05) is 13.0 Å². The molecule has 0 fully saturated rings. The van der Waals surface area contributed by atoms with E-state index < -0.39 is 0 Å². The summed E-state index contributed by atoms with van der Waals surface area (Å²) in [5.74, 6) is 0.914. The van der Waals surface area contributed by atoms with Crippen molar-refractivity contribution in [1.82, 2.24) is 0 Å². The third-order valence-electron chi connectivity index (χ3n) is 3.26. The Morgan fingerprint density at radius 2 is 2.19 bits per heavy atom. The molecule has 88 valence electrons. The fraction of sp³-hybridized carbons (Fsp3) is 0.538. The summed E-state index contributed by atoms with van der Waals surface area (Å²) in [6.45, 7) is 2.03. The molecule has 0 aromatic heterocycles. The van der Waals surface area contributed by atoms with Crippen LogP contribution in [0.3, 0.4) is 0 Å². The number of hydrogen-bond acceptors (Lipinski definition) is 2. The predicted molar refractivity (Wildman–Crippen MR) is 67.9 cm³/mol. The molecule has 0 amide bonds. The molecule has 16 heavy (non-hydrogen) atoms. The average Bonchev–Trinajstić information content (AvgIpc) is 2.46. The van der Waals surface area contributed by atoms with Crippen molar-refractivity contribution < 1.29 is 9.84 Å². The number of aryl methyl sites for hydroxylation is 1. The number of fused-ring (bicyclic) bond motifs is 1. The minimum absolute atomic E-state index is 0.360. The van der Waals surface area contributed by atoms with E-state index >= 15 is 0 Å². The maximum absolute atomic E-state index is 10.2.